The van der Waals surface area contributed by atoms with Gasteiger partial charge in [-0.25, -0.2) is 4.79 Å². The molecule has 31 heavy (non-hydrogen) atoms. The van der Waals surface area contributed by atoms with Crippen LogP contribution in [0.4, 0.5) is 4.79 Å². The van der Waals surface area contributed by atoms with Gasteiger partial charge in [-0.05, 0) is 69.3 Å². The van der Waals surface area contributed by atoms with Crippen molar-refractivity contribution in [3.8, 4) is 11.3 Å². The van der Waals surface area contributed by atoms with Crippen LogP contribution in [0.5, 0.6) is 0 Å². The van der Waals surface area contributed by atoms with E-state index >= 15 is 0 Å². The summed E-state index contributed by atoms with van der Waals surface area (Å²) < 4.78 is 10.9. The van der Waals surface area contributed by atoms with Gasteiger partial charge in [0.15, 0.2) is 0 Å². The van der Waals surface area contributed by atoms with Crippen molar-refractivity contribution < 1.29 is 33.4 Å². The zero-order valence-electron chi connectivity index (χ0n) is 17.4. The largest absolute Gasteiger partial charge is 0.478 e. The number of nitrogens with zero attached hydrogens (tertiary/aromatic N) is 1. The number of rotatable bonds is 5. The van der Waals surface area contributed by atoms with Crippen molar-refractivity contribution in [2.24, 2.45) is 0 Å². The summed E-state index contributed by atoms with van der Waals surface area (Å²) in [7, 11) is 0. The monoisotopic (exact) mass is 443 g/mol. The number of carboxylic acid groups (broad SMARTS) is 1. The normalized spacial score (nSPS) is 15.6. The smallest absolute Gasteiger partial charge is 0.335 e. The Balaban J connectivity index is 1.77. The number of aromatic carboxylic acids is 1. The summed E-state index contributed by atoms with van der Waals surface area (Å²) in [4.78, 5) is 48.8. The molecule has 2 aromatic rings. The Bertz CT molecular complexity index is 1110. The minimum atomic E-state index is -1.02. The molecular formula is C22H21NO7S. The summed E-state index contributed by atoms with van der Waals surface area (Å²) in [6.07, 6.45) is 1.43. The maximum Gasteiger partial charge on any atom is 0.335 e. The summed E-state index contributed by atoms with van der Waals surface area (Å²) >= 11 is 0.715. The molecule has 3 rings (SSSR count). The third-order valence-electron chi connectivity index (χ3n) is 4.22. The molecule has 1 N–H and O–H groups in total. The van der Waals surface area contributed by atoms with Gasteiger partial charge in [-0.3, -0.25) is 19.3 Å². The molecule has 0 atom stereocenters. The van der Waals surface area contributed by atoms with Crippen LogP contribution in [0.2, 0.25) is 0 Å². The quantitative estimate of drug-likeness (QED) is 0.536. The molecule has 1 aromatic heterocycles. The molecule has 2 heterocycles. The van der Waals surface area contributed by atoms with E-state index in [1.807, 2.05) is 0 Å². The first-order valence-corrected chi connectivity index (χ1v) is 10.2. The molecule has 1 fully saturated rings. The van der Waals surface area contributed by atoms with Crippen molar-refractivity contribution in [2.45, 2.75) is 33.3 Å². The van der Waals surface area contributed by atoms with Crippen molar-refractivity contribution in [2.75, 3.05) is 6.54 Å². The standard InChI is InChI=1S/C22H21NO7S/c1-12-9-13(20(26)27)5-7-15(12)16-8-6-14(29-16)10-17-19(25)23(21(28)31-17)11-18(24)30-22(2,3)4/h5-10H,11H2,1-4H3,(H,26,27). The highest BCUT2D eigenvalue weighted by molar-refractivity contribution is 8.18. The number of hydrogen-bond donors (Lipinski definition) is 1. The molecule has 1 aromatic carbocycles. The highest BCUT2D eigenvalue weighted by atomic mass is 32.2. The van der Waals surface area contributed by atoms with Gasteiger partial charge < -0.3 is 14.3 Å². The van der Waals surface area contributed by atoms with Crippen molar-refractivity contribution in [3.05, 3.63) is 52.1 Å². The maximum absolute atomic E-state index is 12.6. The zero-order valence-corrected chi connectivity index (χ0v) is 18.2. The predicted octanol–water partition coefficient (Wildman–Crippen LogP) is 4.33. The van der Waals surface area contributed by atoms with Crippen LogP contribution >= 0.6 is 11.8 Å². The molecule has 162 valence electrons. The molecule has 1 aliphatic rings. The van der Waals surface area contributed by atoms with Crippen LogP contribution in [0, 0.1) is 6.92 Å². The molecule has 0 radical (unpaired) electrons. The van der Waals surface area contributed by atoms with Gasteiger partial charge in [0.05, 0.1) is 10.5 Å². The number of carboxylic acids is 1. The molecule has 9 heteroatoms. The first-order valence-electron chi connectivity index (χ1n) is 9.36. The summed E-state index contributed by atoms with van der Waals surface area (Å²) in [6.45, 7) is 6.40. The van der Waals surface area contributed by atoms with Crippen LogP contribution in [0.3, 0.4) is 0 Å². The van der Waals surface area contributed by atoms with Crippen molar-refractivity contribution >= 4 is 40.9 Å². The second kappa shape index (κ2) is 8.43. The third kappa shape index (κ3) is 5.24. The molecule has 1 saturated heterocycles. The van der Waals surface area contributed by atoms with Gasteiger partial charge >= 0.3 is 11.9 Å². The highest BCUT2D eigenvalue weighted by Gasteiger charge is 2.37. The Morgan fingerprint density at radius 2 is 1.90 bits per heavy atom. The van der Waals surface area contributed by atoms with Crippen LogP contribution in [-0.4, -0.2) is 45.2 Å². The van der Waals surface area contributed by atoms with Crippen LogP contribution < -0.4 is 0 Å². The van der Waals surface area contributed by atoms with E-state index in [9.17, 15) is 19.2 Å². The number of carbonyl (C=O) groups excluding carboxylic acids is 3. The lowest BCUT2D eigenvalue weighted by atomic mass is 10.0. The summed E-state index contributed by atoms with van der Waals surface area (Å²) in [5.41, 5.74) is 0.882. The van der Waals surface area contributed by atoms with Gasteiger partial charge in [0.1, 0.15) is 23.7 Å². The van der Waals surface area contributed by atoms with Crippen molar-refractivity contribution in [1.82, 2.24) is 4.90 Å². The van der Waals surface area contributed by atoms with Gasteiger partial charge in [0.25, 0.3) is 11.1 Å². The third-order valence-corrected chi connectivity index (χ3v) is 5.13. The number of carbonyl (C=O) groups is 4. The predicted molar refractivity (Wildman–Crippen MR) is 114 cm³/mol. The number of ether oxygens (including phenoxy) is 1. The minimum absolute atomic E-state index is 0.132. The Labute approximate surface area is 182 Å². The number of imide groups is 1. The van der Waals surface area contributed by atoms with E-state index in [0.29, 0.717) is 28.8 Å². The molecule has 0 spiro atoms. The van der Waals surface area contributed by atoms with E-state index in [1.165, 1.54) is 12.1 Å². The summed E-state index contributed by atoms with van der Waals surface area (Å²) in [5.74, 6) is -1.44. The average molecular weight is 443 g/mol. The number of aryl methyl sites for hydroxylation is 1. The number of benzene rings is 1. The van der Waals surface area contributed by atoms with E-state index in [0.717, 1.165) is 10.5 Å². The topological polar surface area (TPSA) is 114 Å². The first-order chi connectivity index (χ1) is 14.4. The molecule has 0 unspecified atom stereocenters. The molecule has 1 aliphatic heterocycles. The molecule has 2 amide bonds. The lowest BCUT2D eigenvalue weighted by molar-refractivity contribution is -0.156. The van der Waals surface area contributed by atoms with Crippen molar-refractivity contribution in [1.29, 1.82) is 0 Å². The van der Waals surface area contributed by atoms with Gasteiger partial charge in [0, 0.05) is 11.6 Å². The van der Waals surface area contributed by atoms with E-state index in [1.54, 1.807) is 52.0 Å². The molecule has 0 saturated carbocycles. The zero-order chi connectivity index (χ0) is 22.9. The van der Waals surface area contributed by atoms with E-state index in [2.05, 4.69) is 0 Å². The Hall–Kier alpha value is -3.33. The number of amides is 2. The van der Waals surface area contributed by atoms with Gasteiger partial charge in [-0.2, -0.15) is 0 Å². The maximum atomic E-state index is 12.6. The van der Waals surface area contributed by atoms with Gasteiger partial charge in [0.2, 0.25) is 0 Å². The number of furan rings is 1. The SMILES string of the molecule is Cc1cc(C(=O)O)ccc1-c1ccc(C=C2SC(=O)N(CC(=O)OC(C)(C)C)C2=O)o1. The lowest BCUT2D eigenvalue weighted by Gasteiger charge is -2.21. The van der Waals surface area contributed by atoms with Crippen LogP contribution in [-0.2, 0) is 14.3 Å². The molecule has 0 aliphatic carbocycles. The fraction of sp³-hybridized carbons (Fsp3) is 0.273. The average Bonchev–Trinajstić information content (AvgIpc) is 3.20. The lowest BCUT2D eigenvalue weighted by Crippen LogP contribution is -2.37. The van der Waals surface area contributed by atoms with Gasteiger partial charge in [-0.1, -0.05) is 6.07 Å². The Kier molecular flexibility index (Phi) is 6.08. The number of hydrogen-bond acceptors (Lipinski definition) is 7. The van der Waals surface area contributed by atoms with Crippen molar-refractivity contribution in [3.63, 3.8) is 0 Å². The number of thioether (sulfide) groups is 1. The van der Waals surface area contributed by atoms with Gasteiger partial charge in [-0.15, -0.1) is 0 Å². The summed E-state index contributed by atoms with van der Waals surface area (Å²) in [5, 5.41) is 8.52. The Morgan fingerprint density at radius 1 is 1.19 bits per heavy atom. The van der Waals surface area contributed by atoms with Crippen LogP contribution in [0.25, 0.3) is 17.4 Å². The van der Waals surface area contributed by atoms with E-state index in [-0.39, 0.29) is 10.5 Å². The second-order valence-electron chi connectivity index (χ2n) is 7.89. The van der Waals surface area contributed by atoms with Crippen LogP contribution in [0.1, 0.15) is 42.5 Å². The van der Waals surface area contributed by atoms with Crippen LogP contribution in [0.15, 0.2) is 39.7 Å². The first kappa shape index (κ1) is 22.4. The minimum Gasteiger partial charge on any atom is -0.478 e. The van der Waals surface area contributed by atoms with E-state index in [4.69, 9.17) is 14.3 Å². The Morgan fingerprint density at radius 3 is 2.52 bits per heavy atom. The fourth-order valence-electron chi connectivity index (χ4n) is 2.92. The summed E-state index contributed by atoms with van der Waals surface area (Å²) in [6, 6.07) is 8.01. The second-order valence-corrected chi connectivity index (χ2v) is 8.88. The fourth-order valence-corrected chi connectivity index (χ4v) is 3.74. The molecule has 0 bridgehead atoms. The van der Waals surface area contributed by atoms with E-state index < -0.39 is 35.2 Å². The molecule has 8 nitrogen and oxygen atoms in total. The highest BCUT2D eigenvalue weighted by Crippen LogP contribution is 2.34. The number of esters is 1. The molecular weight excluding hydrogens is 422 g/mol.